The SMILES string of the molecule is CCC(C)NC(=O)CN1CN(c2ccccc2)C2(CCN(C(=O)c3ccc(C)c([N+](=O)[O-])c3)CC2)C1=O. The highest BCUT2D eigenvalue weighted by molar-refractivity contribution is 5.98. The minimum absolute atomic E-state index is 0.0239. The summed E-state index contributed by atoms with van der Waals surface area (Å²) in [5, 5.41) is 14.3. The molecular weight excluding hydrogens is 474 g/mol. The topological polar surface area (TPSA) is 116 Å². The van der Waals surface area contributed by atoms with Crippen molar-refractivity contribution in [1.29, 1.82) is 0 Å². The zero-order valence-electron chi connectivity index (χ0n) is 21.5. The largest absolute Gasteiger partial charge is 0.352 e. The van der Waals surface area contributed by atoms with E-state index in [1.807, 2.05) is 49.1 Å². The van der Waals surface area contributed by atoms with Crippen molar-refractivity contribution in [2.24, 2.45) is 0 Å². The molecule has 1 N–H and O–H groups in total. The van der Waals surface area contributed by atoms with Crippen LogP contribution < -0.4 is 10.2 Å². The standard InChI is InChI=1S/C27H33N5O5/c1-4-20(3)28-24(33)17-30-18-31(22-8-6-5-7-9-22)27(26(30)35)12-14-29(15-13-27)25(34)21-11-10-19(2)23(16-21)32(36)37/h5-11,16,20H,4,12-15,17-18H2,1-3H3,(H,28,33). The van der Waals surface area contributed by atoms with Crippen molar-refractivity contribution < 1.29 is 19.3 Å². The van der Waals surface area contributed by atoms with Crippen LogP contribution in [0.15, 0.2) is 48.5 Å². The maximum Gasteiger partial charge on any atom is 0.273 e. The number of rotatable bonds is 7. The van der Waals surface area contributed by atoms with Crippen LogP contribution in [0.2, 0.25) is 0 Å². The van der Waals surface area contributed by atoms with Gasteiger partial charge in [-0.3, -0.25) is 24.5 Å². The van der Waals surface area contributed by atoms with Gasteiger partial charge < -0.3 is 20.0 Å². The molecule has 10 nitrogen and oxygen atoms in total. The molecule has 2 heterocycles. The molecule has 4 rings (SSSR count). The summed E-state index contributed by atoms with van der Waals surface area (Å²) in [6.07, 6.45) is 1.58. The van der Waals surface area contributed by atoms with E-state index < -0.39 is 10.5 Å². The van der Waals surface area contributed by atoms with E-state index in [-0.39, 0.29) is 48.2 Å². The molecule has 0 radical (unpaired) electrons. The molecule has 0 aliphatic carbocycles. The summed E-state index contributed by atoms with van der Waals surface area (Å²) in [6, 6.07) is 14.1. The number of nitrogens with one attached hydrogen (secondary N) is 1. The molecule has 2 aliphatic rings. The van der Waals surface area contributed by atoms with Gasteiger partial charge in [0.1, 0.15) is 12.1 Å². The van der Waals surface area contributed by atoms with Gasteiger partial charge in [-0.15, -0.1) is 0 Å². The fourth-order valence-corrected chi connectivity index (χ4v) is 5.12. The number of nitro benzene ring substituents is 1. The Hall–Kier alpha value is -3.95. The minimum atomic E-state index is -0.867. The van der Waals surface area contributed by atoms with Crippen LogP contribution in [0, 0.1) is 17.0 Å². The van der Waals surface area contributed by atoms with Gasteiger partial charge in [0.05, 0.1) is 11.6 Å². The zero-order chi connectivity index (χ0) is 26.7. The van der Waals surface area contributed by atoms with E-state index in [0.717, 1.165) is 12.1 Å². The quantitative estimate of drug-likeness (QED) is 0.455. The molecular formula is C27H33N5O5. The van der Waals surface area contributed by atoms with E-state index in [0.29, 0.717) is 31.5 Å². The Kier molecular flexibility index (Phi) is 7.47. The Morgan fingerprint density at radius 3 is 2.43 bits per heavy atom. The van der Waals surface area contributed by atoms with Crippen molar-refractivity contribution >= 4 is 29.1 Å². The van der Waals surface area contributed by atoms with Crippen LogP contribution in [0.1, 0.15) is 49.0 Å². The third kappa shape index (κ3) is 5.14. The van der Waals surface area contributed by atoms with Crippen molar-refractivity contribution in [3.05, 3.63) is 69.8 Å². The lowest BCUT2D eigenvalue weighted by molar-refractivity contribution is -0.385. The van der Waals surface area contributed by atoms with Crippen molar-refractivity contribution in [3.63, 3.8) is 0 Å². The summed E-state index contributed by atoms with van der Waals surface area (Å²) in [5.41, 5.74) is 0.677. The fraction of sp³-hybridized carbons (Fsp3) is 0.444. The number of carbonyl (C=O) groups excluding carboxylic acids is 3. The first-order valence-corrected chi connectivity index (χ1v) is 12.6. The second-order valence-electron chi connectivity index (χ2n) is 9.87. The summed E-state index contributed by atoms with van der Waals surface area (Å²) in [6.45, 7) is 6.46. The van der Waals surface area contributed by atoms with E-state index in [2.05, 4.69) is 5.32 Å². The molecule has 2 saturated heterocycles. The molecule has 0 bridgehead atoms. The Balaban J connectivity index is 1.54. The van der Waals surface area contributed by atoms with Gasteiger partial charge in [0.2, 0.25) is 5.91 Å². The van der Waals surface area contributed by atoms with Gasteiger partial charge in [0, 0.05) is 42.0 Å². The number of nitro groups is 1. The molecule has 196 valence electrons. The van der Waals surface area contributed by atoms with Crippen LogP contribution >= 0.6 is 0 Å². The molecule has 0 saturated carbocycles. The van der Waals surface area contributed by atoms with E-state index in [1.165, 1.54) is 6.07 Å². The number of likely N-dealkylation sites (tertiary alicyclic amines) is 1. The fourth-order valence-electron chi connectivity index (χ4n) is 5.12. The van der Waals surface area contributed by atoms with Gasteiger partial charge >= 0.3 is 0 Å². The number of anilines is 1. The highest BCUT2D eigenvalue weighted by atomic mass is 16.6. The Morgan fingerprint density at radius 1 is 1.14 bits per heavy atom. The molecule has 1 atom stereocenters. The van der Waals surface area contributed by atoms with Gasteiger partial charge in [-0.25, -0.2) is 0 Å². The van der Waals surface area contributed by atoms with E-state index in [9.17, 15) is 24.5 Å². The molecule has 2 fully saturated rings. The molecule has 37 heavy (non-hydrogen) atoms. The van der Waals surface area contributed by atoms with E-state index in [1.54, 1.807) is 28.9 Å². The van der Waals surface area contributed by atoms with Crippen molar-refractivity contribution in [2.75, 3.05) is 31.2 Å². The predicted octanol–water partition coefficient (Wildman–Crippen LogP) is 3.10. The molecule has 1 spiro atoms. The van der Waals surface area contributed by atoms with E-state index >= 15 is 0 Å². The molecule has 2 aliphatic heterocycles. The lowest BCUT2D eigenvalue weighted by Crippen LogP contribution is -2.57. The second kappa shape index (κ2) is 10.6. The smallest absolute Gasteiger partial charge is 0.273 e. The molecule has 0 aromatic heterocycles. The van der Waals surface area contributed by atoms with Crippen LogP contribution in [-0.4, -0.2) is 70.3 Å². The maximum atomic E-state index is 13.8. The number of carbonyl (C=O) groups is 3. The number of aryl methyl sites for hydroxylation is 1. The Bertz CT molecular complexity index is 1190. The summed E-state index contributed by atoms with van der Waals surface area (Å²) < 4.78 is 0. The molecule has 3 amide bonds. The van der Waals surface area contributed by atoms with Crippen LogP contribution in [0.25, 0.3) is 0 Å². The number of nitrogens with zero attached hydrogens (tertiary/aromatic N) is 4. The molecule has 1 unspecified atom stereocenters. The zero-order valence-corrected chi connectivity index (χ0v) is 21.5. The molecule has 2 aromatic carbocycles. The molecule has 10 heteroatoms. The van der Waals surface area contributed by atoms with Crippen molar-refractivity contribution in [1.82, 2.24) is 15.1 Å². The van der Waals surface area contributed by atoms with Crippen molar-refractivity contribution in [2.45, 2.75) is 51.6 Å². The normalized spacial score (nSPS) is 17.7. The number of hydrogen-bond acceptors (Lipinski definition) is 6. The van der Waals surface area contributed by atoms with Gasteiger partial charge in [0.25, 0.3) is 17.5 Å². The number of benzene rings is 2. The third-order valence-electron chi connectivity index (χ3n) is 7.47. The number of para-hydroxylation sites is 1. The summed E-state index contributed by atoms with van der Waals surface area (Å²) in [5.74, 6) is -0.602. The third-order valence-corrected chi connectivity index (χ3v) is 7.47. The first-order valence-electron chi connectivity index (χ1n) is 12.6. The summed E-state index contributed by atoms with van der Waals surface area (Å²) in [4.78, 5) is 55.7. The first-order chi connectivity index (χ1) is 17.7. The number of amides is 3. The van der Waals surface area contributed by atoms with Crippen LogP contribution in [0.4, 0.5) is 11.4 Å². The highest BCUT2D eigenvalue weighted by Crippen LogP contribution is 2.39. The minimum Gasteiger partial charge on any atom is -0.352 e. The predicted molar refractivity (Wildman–Crippen MR) is 139 cm³/mol. The van der Waals surface area contributed by atoms with Gasteiger partial charge in [-0.2, -0.15) is 0 Å². The van der Waals surface area contributed by atoms with Gasteiger partial charge in [-0.05, 0) is 51.3 Å². The number of hydrogen-bond donors (Lipinski definition) is 1. The Labute approximate surface area is 216 Å². The highest BCUT2D eigenvalue weighted by Gasteiger charge is 2.54. The lowest BCUT2D eigenvalue weighted by atomic mass is 9.85. The molecule has 2 aromatic rings. The van der Waals surface area contributed by atoms with Gasteiger partial charge in [-0.1, -0.05) is 31.2 Å². The Morgan fingerprint density at radius 2 is 1.81 bits per heavy atom. The number of piperidine rings is 1. The second-order valence-corrected chi connectivity index (χ2v) is 9.87. The monoisotopic (exact) mass is 507 g/mol. The lowest BCUT2D eigenvalue weighted by Gasteiger charge is -2.43. The van der Waals surface area contributed by atoms with Gasteiger partial charge in [0.15, 0.2) is 0 Å². The van der Waals surface area contributed by atoms with E-state index in [4.69, 9.17) is 0 Å². The van der Waals surface area contributed by atoms with Crippen LogP contribution in [0.5, 0.6) is 0 Å². The first kappa shape index (κ1) is 26.1. The van der Waals surface area contributed by atoms with Crippen LogP contribution in [0.3, 0.4) is 0 Å². The summed E-state index contributed by atoms with van der Waals surface area (Å²) in [7, 11) is 0. The van der Waals surface area contributed by atoms with Crippen molar-refractivity contribution in [3.8, 4) is 0 Å². The maximum absolute atomic E-state index is 13.8. The average molecular weight is 508 g/mol. The van der Waals surface area contributed by atoms with Crippen LogP contribution in [-0.2, 0) is 9.59 Å². The average Bonchev–Trinajstić information content (AvgIpc) is 3.15. The summed E-state index contributed by atoms with van der Waals surface area (Å²) >= 11 is 0.